The number of hydrogen-bond acceptors (Lipinski definition) is 8. The van der Waals surface area contributed by atoms with Crippen molar-refractivity contribution in [3.8, 4) is 11.5 Å². The number of hydrogen-bond donors (Lipinski definition) is 1. The van der Waals surface area contributed by atoms with E-state index >= 15 is 0 Å². The molecule has 12 heteroatoms. The van der Waals surface area contributed by atoms with Gasteiger partial charge in [0.25, 0.3) is 5.91 Å². The van der Waals surface area contributed by atoms with Crippen LogP contribution in [0.25, 0.3) is 22.4 Å². The Morgan fingerprint density at radius 3 is 2.35 bits per heavy atom. The van der Waals surface area contributed by atoms with Crippen LogP contribution in [0, 0.1) is 6.92 Å². The lowest BCUT2D eigenvalue weighted by molar-refractivity contribution is 0.102. The van der Waals surface area contributed by atoms with Gasteiger partial charge in [-0.15, -0.1) is 0 Å². The lowest BCUT2D eigenvalue weighted by Gasteiger charge is -2.42. The van der Waals surface area contributed by atoms with Gasteiger partial charge in [0.15, 0.2) is 22.3 Å². The summed E-state index contributed by atoms with van der Waals surface area (Å²) >= 11 is 0. The van der Waals surface area contributed by atoms with Crippen LogP contribution in [0.3, 0.4) is 0 Å². The van der Waals surface area contributed by atoms with Crippen molar-refractivity contribution in [3.05, 3.63) is 54.3 Å². The molecule has 1 saturated heterocycles. The molecule has 1 amide bonds. The number of oxazole rings is 1. The summed E-state index contributed by atoms with van der Waals surface area (Å²) in [6.45, 7) is 27.6. The highest BCUT2D eigenvalue weighted by Gasteiger charge is 2.40. The number of nitrogens with one attached hydrogen (secondary N) is 1. The maximum atomic E-state index is 13.6. The van der Waals surface area contributed by atoms with Crippen molar-refractivity contribution < 1.29 is 18.1 Å². The molecule has 0 saturated carbocycles. The van der Waals surface area contributed by atoms with Crippen molar-refractivity contribution in [1.82, 2.24) is 19.7 Å². The predicted molar refractivity (Wildman–Crippen MR) is 199 cm³/mol. The summed E-state index contributed by atoms with van der Waals surface area (Å²) in [5, 5.41) is 9.14. The van der Waals surface area contributed by atoms with E-state index in [1.165, 1.54) is 6.26 Å². The minimum Gasteiger partial charge on any atom is -0.444 e. The van der Waals surface area contributed by atoms with E-state index in [4.69, 9.17) is 18.4 Å². The van der Waals surface area contributed by atoms with Gasteiger partial charge in [0.05, 0.1) is 36.2 Å². The lowest BCUT2D eigenvalue weighted by Crippen LogP contribution is -2.47. The number of benzene rings is 1. The number of aromatic nitrogens is 4. The van der Waals surface area contributed by atoms with Gasteiger partial charge < -0.3 is 23.5 Å². The third kappa shape index (κ3) is 7.93. The summed E-state index contributed by atoms with van der Waals surface area (Å²) in [4.78, 5) is 24.7. The number of nitrogens with zero attached hydrogens (tertiary/aromatic N) is 5. The quantitative estimate of drug-likeness (QED) is 0.165. The highest BCUT2D eigenvalue weighted by atomic mass is 28.4. The van der Waals surface area contributed by atoms with Crippen LogP contribution >= 0.6 is 0 Å². The fourth-order valence-electron chi connectivity index (χ4n) is 5.44. The second-order valence-electron chi connectivity index (χ2n) is 16.1. The molecule has 4 heterocycles. The van der Waals surface area contributed by atoms with E-state index in [9.17, 15) is 4.79 Å². The number of carbonyl (C=O) groups is 1. The Kier molecular flexibility index (Phi) is 10.1. The SMILES string of the molecule is Cc1cc(-c2nc(C(=O)Nc3cc4cnn(CCO[Si](C)(C)C(C)(C)C)c4cc3N3CCC(O[Si](C)(C)C(C)(C)C)CC3)co2)ccn1. The third-order valence-corrected chi connectivity index (χ3v) is 19.6. The van der Waals surface area contributed by atoms with E-state index in [-0.39, 0.29) is 27.8 Å². The van der Waals surface area contributed by atoms with Gasteiger partial charge >= 0.3 is 0 Å². The fourth-order valence-corrected chi connectivity index (χ4v) is 7.90. The van der Waals surface area contributed by atoms with Crippen molar-refractivity contribution >= 4 is 44.8 Å². The Labute approximate surface area is 287 Å². The number of pyridine rings is 1. The molecule has 10 nitrogen and oxygen atoms in total. The van der Waals surface area contributed by atoms with Crippen LogP contribution in [0.2, 0.25) is 36.3 Å². The molecule has 1 fully saturated rings. The average Bonchev–Trinajstić information content (AvgIpc) is 3.64. The van der Waals surface area contributed by atoms with E-state index in [0.29, 0.717) is 19.0 Å². The van der Waals surface area contributed by atoms with E-state index in [2.05, 4.69) is 94.0 Å². The van der Waals surface area contributed by atoms with Crippen LogP contribution in [0.1, 0.15) is 70.6 Å². The van der Waals surface area contributed by atoms with Gasteiger partial charge in [-0.05, 0) is 80.3 Å². The summed E-state index contributed by atoms with van der Waals surface area (Å²) < 4.78 is 21.0. The maximum Gasteiger partial charge on any atom is 0.277 e. The zero-order valence-corrected chi connectivity index (χ0v) is 32.7. The van der Waals surface area contributed by atoms with Crippen LogP contribution in [0.5, 0.6) is 0 Å². The maximum absolute atomic E-state index is 13.6. The van der Waals surface area contributed by atoms with Crippen LogP contribution in [0.15, 0.2) is 47.3 Å². The van der Waals surface area contributed by atoms with Crippen LogP contribution < -0.4 is 10.2 Å². The van der Waals surface area contributed by atoms with Crippen molar-refractivity contribution in [1.29, 1.82) is 0 Å². The lowest BCUT2D eigenvalue weighted by atomic mass is 10.1. The largest absolute Gasteiger partial charge is 0.444 e. The summed E-state index contributed by atoms with van der Waals surface area (Å²) in [6.07, 6.45) is 7.05. The van der Waals surface area contributed by atoms with Gasteiger partial charge in [0.2, 0.25) is 5.89 Å². The fraction of sp³-hybridized carbons (Fsp3) is 0.556. The van der Waals surface area contributed by atoms with E-state index in [1.54, 1.807) is 6.20 Å². The normalized spacial score (nSPS) is 15.4. The van der Waals surface area contributed by atoms with Gasteiger partial charge in [0.1, 0.15) is 6.26 Å². The molecule has 3 aromatic heterocycles. The van der Waals surface area contributed by atoms with Crippen molar-refractivity contribution in [2.75, 3.05) is 29.9 Å². The molecule has 0 spiro atoms. The topological polar surface area (TPSA) is 108 Å². The monoisotopic (exact) mass is 690 g/mol. The molecule has 260 valence electrons. The summed E-state index contributed by atoms with van der Waals surface area (Å²) in [7, 11) is -3.76. The van der Waals surface area contributed by atoms with Crippen molar-refractivity contribution in [2.45, 2.75) is 110 Å². The molecule has 4 aromatic rings. The standard InChI is InChI=1S/C36H54N6O4Si2/c1-25-20-26(12-15-37-25)34-40-30(24-44-34)33(43)39-29-21-27-23-38-42(18-19-45-47(8,9)35(2,3)4)31(27)22-32(29)41-16-13-28(14-17-41)46-48(10,11)36(5,6)7/h12,15,20-24,28H,13-14,16-19H2,1-11H3,(H,39,43). The molecule has 5 rings (SSSR count). The predicted octanol–water partition coefficient (Wildman–Crippen LogP) is 8.66. The van der Waals surface area contributed by atoms with Crippen LogP contribution in [0.4, 0.5) is 11.4 Å². The second-order valence-corrected chi connectivity index (χ2v) is 25.7. The minimum absolute atomic E-state index is 0.141. The third-order valence-electron chi connectivity index (χ3n) is 10.5. The van der Waals surface area contributed by atoms with Crippen LogP contribution in [-0.2, 0) is 15.4 Å². The molecule has 0 bridgehead atoms. The number of anilines is 2. The first kappa shape index (κ1) is 36.0. The second kappa shape index (κ2) is 13.5. The molecule has 0 atom stereocenters. The zero-order chi connectivity index (χ0) is 35.1. The Bertz CT molecular complexity index is 1740. The molecule has 1 aliphatic heterocycles. The Morgan fingerprint density at radius 1 is 1.02 bits per heavy atom. The van der Waals surface area contributed by atoms with E-state index < -0.39 is 16.6 Å². The van der Waals surface area contributed by atoms with Gasteiger partial charge in [-0.25, -0.2) is 4.98 Å². The van der Waals surface area contributed by atoms with Gasteiger partial charge in [-0.2, -0.15) is 5.10 Å². The molecular formula is C36H54N6O4Si2. The minimum atomic E-state index is -1.88. The summed E-state index contributed by atoms with van der Waals surface area (Å²) in [5.41, 5.74) is 4.53. The van der Waals surface area contributed by atoms with E-state index in [1.807, 2.05) is 36.0 Å². The van der Waals surface area contributed by atoms with Crippen molar-refractivity contribution in [2.24, 2.45) is 0 Å². The molecular weight excluding hydrogens is 637 g/mol. The Morgan fingerprint density at radius 2 is 1.71 bits per heavy atom. The van der Waals surface area contributed by atoms with Crippen LogP contribution in [-0.4, -0.2) is 68.1 Å². The zero-order valence-electron chi connectivity index (χ0n) is 30.7. The van der Waals surface area contributed by atoms with Gasteiger partial charge in [0, 0.05) is 42.0 Å². The number of fused-ring (bicyclic) bond motifs is 1. The first-order valence-corrected chi connectivity index (χ1v) is 22.9. The highest BCUT2D eigenvalue weighted by Crippen LogP contribution is 2.40. The van der Waals surface area contributed by atoms with Gasteiger partial charge in [-0.1, -0.05) is 41.5 Å². The molecule has 1 N–H and O–H groups in total. The Hall–Kier alpha value is -3.33. The molecule has 48 heavy (non-hydrogen) atoms. The average molecular weight is 691 g/mol. The number of rotatable bonds is 10. The molecule has 1 aromatic carbocycles. The number of piperidine rings is 1. The molecule has 1 aliphatic rings. The number of aryl methyl sites for hydroxylation is 1. The highest BCUT2D eigenvalue weighted by molar-refractivity contribution is 6.74. The Balaban J connectivity index is 1.40. The summed E-state index contributed by atoms with van der Waals surface area (Å²) in [5.74, 6) is 0.0500. The first-order valence-electron chi connectivity index (χ1n) is 17.1. The first-order chi connectivity index (χ1) is 22.3. The molecule has 0 radical (unpaired) electrons. The molecule has 0 aliphatic carbocycles. The number of amides is 1. The number of carbonyl (C=O) groups excluding carboxylic acids is 1. The summed E-state index contributed by atoms with van der Waals surface area (Å²) in [6, 6.07) is 7.88. The van der Waals surface area contributed by atoms with Crippen molar-refractivity contribution in [3.63, 3.8) is 0 Å². The molecule has 0 unspecified atom stereocenters. The van der Waals surface area contributed by atoms with E-state index in [0.717, 1.165) is 59.5 Å². The van der Waals surface area contributed by atoms with Gasteiger partial charge in [-0.3, -0.25) is 14.5 Å². The smallest absolute Gasteiger partial charge is 0.277 e.